The van der Waals surface area contributed by atoms with E-state index in [1.165, 1.54) is 11.6 Å². The summed E-state index contributed by atoms with van der Waals surface area (Å²) in [4.78, 5) is 25.5. The summed E-state index contributed by atoms with van der Waals surface area (Å²) in [6, 6.07) is 0. The average molecular weight is 241 g/mol. The molecule has 5 nitrogen and oxygen atoms in total. The summed E-state index contributed by atoms with van der Waals surface area (Å²) < 4.78 is 2.62. The maximum Gasteiger partial charge on any atom is 0.330 e. The molecule has 0 amide bonds. The van der Waals surface area contributed by atoms with Gasteiger partial charge in [0.05, 0.1) is 0 Å². The van der Waals surface area contributed by atoms with E-state index in [2.05, 4.69) is 4.90 Å². The Morgan fingerprint density at radius 2 is 1.81 bits per heavy atom. The van der Waals surface area contributed by atoms with Gasteiger partial charge in [0.15, 0.2) is 0 Å². The number of aryl methyl sites for hydroxylation is 1. The molecule has 1 aromatic heterocycles. The average Bonchev–Trinajstić information content (AvgIpc) is 2.32. The zero-order valence-corrected chi connectivity index (χ0v) is 10.3. The molecule has 0 saturated carbocycles. The van der Waals surface area contributed by atoms with Crippen LogP contribution in [0.1, 0.15) is 0 Å². The van der Waals surface area contributed by atoms with Crippen molar-refractivity contribution in [2.24, 2.45) is 14.1 Å². The van der Waals surface area contributed by atoms with Crippen molar-refractivity contribution in [2.45, 2.75) is 0 Å². The molecule has 0 radical (unpaired) electrons. The molecule has 1 aliphatic heterocycles. The molecule has 1 aromatic rings. The fourth-order valence-electron chi connectivity index (χ4n) is 1.81. The number of aromatic nitrogens is 2. The van der Waals surface area contributed by atoms with Gasteiger partial charge in [0.2, 0.25) is 0 Å². The first-order chi connectivity index (χ1) is 7.61. The Labute approximate surface area is 97.7 Å². The molecule has 0 unspecified atom stereocenters. The Morgan fingerprint density at radius 3 is 2.44 bits per heavy atom. The van der Waals surface area contributed by atoms with Crippen LogP contribution >= 0.6 is 11.8 Å². The van der Waals surface area contributed by atoms with Crippen LogP contribution in [0.15, 0.2) is 15.8 Å². The van der Waals surface area contributed by atoms with Crippen LogP contribution in [0, 0.1) is 0 Å². The van der Waals surface area contributed by atoms with Crippen LogP contribution in [0.3, 0.4) is 0 Å². The third-order valence-corrected chi connectivity index (χ3v) is 3.72. The van der Waals surface area contributed by atoms with Crippen molar-refractivity contribution in [1.82, 2.24) is 9.13 Å². The molecule has 1 saturated heterocycles. The van der Waals surface area contributed by atoms with Crippen molar-refractivity contribution in [3.63, 3.8) is 0 Å². The first-order valence-electron chi connectivity index (χ1n) is 5.20. The summed E-state index contributed by atoms with van der Waals surface area (Å²) in [5.41, 5.74) is 0.153. The zero-order valence-electron chi connectivity index (χ0n) is 9.47. The topological polar surface area (TPSA) is 47.2 Å². The summed E-state index contributed by atoms with van der Waals surface area (Å²) in [7, 11) is 3.19. The fraction of sp³-hybridized carbons (Fsp3) is 0.600. The molecule has 0 aromatic carbocycles. The third kappa shape index (κ3) is 1.89. The van der Waals surface area contributed by atoms with Gasteiger partial charge in [0, 0.05) is 44.9 Å². The van der Waals surface area contributed by atoms with Crippen LogP contribution in [0.5, 0.6) is 0 Å². The van der Waals surface area contributed by atoms with Gasteiger partial charge in [0.1, 0.15) is 5.69 Å². The van der Waals surface area contributed by atoms with E-state index in [9.17, 15) is 9.59 Å². The van der Waals surface area contributed by atoms with Crippen molar-refractivity contribution in [1.29, 1.82) is 0 Å². The van der Waals surface area contributed by atoms with Gasteiger partial charge >= 0.3 is 5.69 Å². The van der Waals surface area contributed by atoms with Crippen LogP contribution < -0.4 is 16.1 Å². The second kappa shape index (κ2) is 4.37. The van der Waals surface area contributed by atoms with Gasteiger partial charge < -0.3 is 9.47 Å². The Bertz CT molecular complexity index is 500. The number of rotatable bonds is 1. The summed E-state index contributed by atoms with van der Waals surface area (Å²) in [6.07, 6.45) is 1.64. The highest BCUT2D eigenvalue weighted by Crippen LogP contribution is 2.14. The van der Waals surface area contributed by atoms with Gasteiger partial charge in [0.25, 0.3) is 5.56 Å². The van der Waals surface area contributed by atoms with Gasteiger partial charge in [-0.3, -0.25) is 9.36 Å². The highest BCUT2D eigenvalue weighted by atomic mass is 32.2. The molecule has 0 aliphatic carbocycles. The zero-order chi connectivity index (χ0) is 11.7. The van der Waals surface area contributed by atoms with Crippen molar-refractivity contribution >= 4 is 17.4 Å². The van der Waals surface area contributed by atoms with Gasteiger partial charge in [-0.05, 0) is 0 Å². The maximum absolute atomic E-state index is 11.9. The lowest BCUT2D eigenvalue weighted by molar-refractivity contribution is 0.674. The number of hydrogen-bond donors (Lipinski definition) is 0. The molecule has 0 bridgehead atoms. The first-order valence-corrected chi connectivity index (χ1v) is 6.36. The quantitative estimate of drug-likeness (QED) is 0.673. The molecule has 6 heteroatoms. The van der Waals surface area contributed by atoms with Crippen molar-refractivity contribution in [3.8, 4) is 0 Å². The number of hydrogen-bond acceptors (Lipinski definition) is 4. The van der Waals surface area contributed by atoms with E-state index in [1.807, 2.05) is 11.8 Å². The SMILES string of the molecule is Cn1cc(N2CCSCC2)c(=O)n(C)c1=O. The largest absolute Gasteiger partial charge is 0.364 e. The van der Waals surface area contributed by atoms with E-state index < -0.39 is 0 Å². The highest BCUT2D eigenvalue weighted by Gasteiger charge is 2.16. The Balaban J connectivity index is 2.48. The van der Waals surface area contributed by atoms with Crippen LogP contribution in [0.2, 0.25) is 0 Å². The van der Waals surface area contributed by atoms with E-state index in [0.29, 0.717) is 5.69 Å². The minimum absolute atomic E-state index is 0.199. The molecule has 0 N–H and O–H groups in total. The molecular formula is C10H15N3O2S. The van der Waals surface area contributed by atoms with Crippen molar-refractivity contribution < 1.29 is 0 Å². The molecule has 1 fully saturated rings. The van der Waals surface area contributed by atoms with Crippen LogP contribution in [0.25, 0.3) is 0 Å². The molecule has 2 rings (SSSR count). The predicted molar refractivity (Wildman–Crippen MR) is 66.5 cm³/mol. The smallest absolute Gasteiger partial charge is 0.330 e. The summed E-state index contributed by atoms with van der Waals surface area (Å²) in [6.45, 7) is 1.75. The number of anilines is 1. The lowest BCUT2D eigenvalue weighted by atomic mass is 10.4. The molecule has 1 aliphatic rings. The normalized spacial score (nSPS) is 16.5. The van der Waals surface area contributed by atoms with E-state index in [1.54, 1.807) is 13.2 Å². The Hall–Kier alpha value is -1.17. The summed E-state index contributed by atoms with van der Waals surface area (Å²) >= 11 is 1.89. The number of thioether (sulfide) groups is 1. The Kier molecular flexibility index (Phi) is 3.09. The monoisotopic (exact) mass is 241 g/mol. The standard InChI is InChI=1S/C10H15N3O2S/c1-11-7-8(9(14)12(2)10(11)15)13-3-5-16-6-4-13/h7H,3-6H2,1-2H3. The van der Waals surface area contributed by atoms with E-state index in [-0.39, 0.29) is 11.2 Å². The summed E-state index contributed by atoms with van der Waals surface area (Å²) in [5, 5.41) is 0. The molecular weight excluding hydrogens is 226 g/mol. The van der Waals surface area contributed by atoms with Crippen LogP contribution in [-0.2, 0) is 14.1 Å². The summed E-state index contributed by atoms with van der Waals surface area (Å²) in [5.74, 6) is 2.07. The van der Waals surface area contributed by atoms with Gasteiger partial charge in [-0.1, -0.05) is 0 Å². The van der Waals surface area contributed by atoms with Gasteiger partial charge in [-0.15, -0.1) is 0 Å². The van der Waals surface area contributed by atoms with Crippen molar-refractivity contribution in [3.05, 3.63) is 27.0 Å². The Morgan fingerprint density at radius 1 is 1.19 bits per heavy atom. The molecule has 2 heterocycles. The van der Waals surface area contributed by atoms with E-state index in [0.717, 1.165) is 29.2 Å². The molecule has 16 heavy (non-hydrogen) atoms. The molecule has 0 atom stereocenters. The second-order valence-electron chi connectivity index (χ2n) is 3.87. The van der Waals surface area contributed by atoms with Gasteiger partial charge in [-0.2, -0.15) is 11.8 Å². The van der Waals surface area contributed by atoms with E-state index in [4.69, 9.17) is 0 Å². The van der Waals surface area contributed by atoms with Gasteiger partial charge in [-0.25, -0.2) is 4.79 Å². The van der Waals surface area contributed by atoms with Crippen molar-refractivity contribution in [2.75, 3.05) is 29.5 Å². The molecule has 0 spiro atoms. The minimum Gasteiger partial charge on any atom is -0.364 e. The predicted octanol–water partition coefficient (Wildman–Crippen LogP) is -0.363. The fourth-order valence-corrected chi connectivity index (χ4v) is 2.71. The lowest BCUT2D eigenvalue weighted by Gasteiger charge is -2.28. The van der Waals surface area contributed by atoms with E-state index >= 15 is 0 Å². The first kappa shape index (κ1) is 11.3. The minimum atomic E-state index is -0.278. The second-order valence-corrected chi connectivity index (χ2v) is 5.10. The number of nitrogens with zero attached hydrogens (tertiary/aromatic N) is 3. The molecule has 88 valence electrons. The lowest BCUT2D eigenvalue weighted by Crippen LogP contribution is -2.43. The maximum atomic E-state index is 11.9. The van der Waals surface area contributed by atoms with Crippen LogP contribution in [-0.4, -0.2) is 33.7 Å². The highest BCUT2D eigenvalue weighted by molar-refractivity contribution is 7.99. The van der Waals surface area contributed by atoms with Crippen LogP contribution in [0.4, 0.5) is 5.69 Å². The third-order valence-electron chi connectivity index (χ3n) is 2.78.